The molecule has 31 heavy (non-hydrogen) atoms. The van der Waals surface area contributed by atoms with Crippen LogP contribution >= 0.6 is 0 Å². The maximum Gasteiger partial charge on any atom is 0.340 e. The number of ether oxygens (including phenoxy) is 1. The lowest BCUT2D eigenvalue weighted by Crippen LogP contribution is -2.15. The number of aromatic nitrogens is 2. The predicted molar refractivity (Wildman–Crippen MR) is 121 cm³/mol. The Morgan fingerprint density at radius 2 is 1.77 bits per heavy atom. The van der Waals surface area contributed by atoms with Gasteiger partial charge in [-0.2, -0.15) is 5.10 Å². The zero-order valence-electron chi connectivity index (χ0n) is 18.1. The average molecular weight is 416 g/mol. The number of benzene rings is 2. The van der Waals surface area contributed by atoms with Crippen LogP contribution in [-0.4, -0.2) is 22.2 Å². The first-order chi connectivity index (χ1) is 14.9. The van der Waals surface area contributed by atoms with Gasteiger partial charge >= 0.3 is 5.97 Å². The fourth-order valence-electron chi connectivity index (χ4n) is 4.01. The highest BCUT2D eigenvalue weighted by Crippen LogP contribution is 2.35. The van der Waals surface area contributed by atoms with E-state index in [9.17, 15) is 9.18 Å². The molecule has 0 N–H and O–H groups in total. The Morgan fingerprint density at radius 3 is 2.42 bits per heavy atom. The summed E-state index contributed by atoms with van der Waals surface area (Å²) in [5, 5.41) is 4.89. The van der Waals surface area contributed by atoms with Gasteiger partial charge in [0.05, 0.1) is 23.4 Å². The third kappa shape index (κ3) is 3.72. The van der Waals surface area contributed by atoms with Crippen LogP contribution in [0.4, 0.5) is 4.39 Å². The Balaban J connectivity index is 2.10. The molecule has 0 aliphatic heterocycles. The molecule has 0 radical (unpaired) electrons. The second-order valence-electron chi connectivity index (χ2n) is 7.85. The highest BCUT2D eigenvalue weighted by Gasteiger charge is 2.26. The van der Waals surface area contributed by atoms with E-state index in [0.717, 1.165) is 27.9 Å². The van der Waals surface area contributed by atoms with E-state index in [1.807, 2.05) is 42.6 Å². The van der Waals surface area contributed by atoms with Gasteiger partial charge in [0.1, 0.15) is 11.5 Å². The van der Waals surface area contributed by atoms with Gasteiger partial charge < -0.3 is 4.74 Å². The minimum Gasteiger partial charge on any atom is -0.462 e. The number of rotatable bonds is 5. The van der Waals surface area contributed by atoms with Gasteiger partial charge in [-0.15, -0.1) is 0 Å². The molecule has 2 heterocycles. The van der Waals surface area contributed by atoms with Crippen molar-refractivity contribution in [2.75, 3.05) is 6.61 Å². The number of esters is 1. The number of aryl methyl sites for hydroxylation is 1. The number of hydrogen-bond acceptors (Lipinski definition) is 3. The van der Waals surface area contributed by atoms with Crippen LogP contribution in [-0.2, 0) is 4.74 Å². The molecule has 0 bridgehead atoms. The minimum absolute atomic E-state index is 0.0451. The summed E-state index contributed by atoms with van der Waals surface area (Å²) in [6.45, 7) is 8.20. The van der Waals surface area contributed by atoms with E-state index in [4.69, 9.17) is 9.84 Å². The third-order valence-corrected chi connectivity index (χ3v) is 5.43. The van der Waals surface area contributed by atoms with Crippen LogP contribution in [0.25, 0.3) is 28.0 Å². The van der Waals surface area contributed by atoms with Gasteiger partial charge in [0.15, 0.2) is 0 Å². The Kier molecular flexibility index (Phi) is 5.59. The van der Waals surface area contributed by atoms with Crippen LogP contribution in [0.2, 0.25) is 0 Å². The van der Waals surface area contributed by atoms with E-state index in [1.54, 1.807) is 19.1 Å². The molecule has 5 heteroatoms. The maximum atomic E-state index is 13.6. The lowest BCUT2D eigenvalue weighted by Gasteiger charge is -2.19. The van der Waals surface area contributed by atoms with Crippen molar-refractivity contribution in [3.05, 3.63) is 83.2 Å². The number of carbonyl (C=O) groups is 1. The van der Waals surface area contributed by atoms with Crippen molar-refractivity contribution < 1.29 is 13.9 Å². The molecule has 158 valence electrons. The minimum atomic E-state index is -0.417. The first-order valence-corrected chi connectivity index (χ1v) is 10.5. The number of hydrogen-bond donors (Lipinski definition) is 0. The van der Waals surface area contributed by atoms with Crippen molar-refractivity contribution in [1.82, 2.24) is 9.61 Å². The van der Waals surface area contributed by atoms with Gasteiger partial charge in [0, 0.05) is 11.1 Å². The van der Waals surface area contributed by atoms with Gasteiger partial charge in [-0.1, -0.05) is 38.1 Å². The van der Waals surface area contributed by atoms with Crippen molar-refractivity contribution in [3.63, 3.8) is 0 Å². The summed E-state index contributed by atoms with van der Waals surface area (Å²) in [6.07, 6.45) is 0. The lowest BCUT2D eigenvalue weighted by atomic mass is 9.93. The van der Waals surface area contributed by atoms with Crippen LogP contribution < -0.4 is 0 Å². The first kappa shape index (κ1) is 20.8. The second kappa shape index (κ2) is 8.34. The summed E-state index contributed by atoms with van der Waals surface area (Å²) in [5.74, 6) is -0.712. The van der Waals surface area contributed by atoms with Crippen LogP contribution in [0.15, 0.2) is 60.7 Å². The molecule has 0 saturated heterocycles. The normalized spacial score (nSPS) is 11.3. The number of fused-ring (bicyclic) bond motifs is 1. The maximum absolute atomic E-state index is 13.6. The molecule has 4 rings (SSSR count). The molecule has 0 amide bonds. The van der Waals surface area contributed by atoms with Gasteiger partial charge in [0.25, 0.3) is 0 Å². The molecule has 0 aliphatic rings. The molecule has 0 unspecified atom stereocenters. The lowest BCUT2D eigenvalue weighted by molar-refractivity contribution is 0.0525. The second-order valence-corrected chi connectivity index (χ2v) is 7.85. The molecular formula is C26H25FN2O2. The van der Waals surface area contributed by atoms with E-state index < -0.39 is 5.97 Å². The van der Waals surface area contributed by atoms with Crippen LogP contribution in [0, 0.1) is 12.7 Å². The zero-order chi connectivity index (χ0) is 22.1. The van der Waals surface area contributed by atoms with E-state index in [-0.39, 0.29) is 18.3 Å². The molecular weight excluding hydrogens is 391 g/mol. The highest BCUT2D eigenvalue weighted by molar-refractivity contribution is 6.00. The molecule has 4 nitrogen and oxygen atoms in total. The summed E-state index contributed by atoms with van der Waals surface area (Å²) < 4.78 is 20.9. The summed E-state index contributed by atoms with van der Waals surface area (Å²) in [7, 11) is 0. The van der Waals surface area contributed by atoms with Crippen LogP contribution in [0.5, 0.6) is 0 Å². The summed E-state index contributed by atoms with van der Waals surface area (Å²) in [5.41, 5.74) is 6.46. The topological polar surface area (TPSA) is 43.6 Å². The molecule has 0 atom stereocenters. The SMILES string of the molecule is CCOC(=O)c1c(-c2ccc(F)cc2)nn2c(-c3ccccc3C)ccc2c1C(C)C. The molecule has 0 fully saturated rings. The largest absolute Gasteiger partial charge is 0.462 e. The van der Waals surface area contributed by atoms with Gasteiger partial charge in [-0.05, 0) is 67.3 Å². The third-order valence-electron chi connectivity index (χ3n) is 5.43. The van der Waals surface area contributed by atoms with Crippen molar-refractivity contribution in [1.29, 1.82) is 0 Å². The van der Waals surface area contributed by atoms with E-state index in [0.29, 0.717) is 16.8 Å². The highest BCUT2D eigenvalue weighted by atomic mass is 19.1. The Labute approximate surface area is 181 Å². The fourth-order valence-corrected chi connectivity index (χ4v) is 4.01. The molecule has 4 aromatic rings. The molecule has 2 aromatic heterocycles. The summed E-state index contributed by atoms with van der Waals surface area (Å²) >= 11 is 0. The molecule has 0 aliphatic carbocycles. The Hall–Kier alpha value is -3.47. The Morgan fingerprint density at radius 1 is 1.06 bits per heavy atom. The first-order valence-electron chi connectivity index (χ1n) is 10.5. The predicted octanol–water partition coefficient (Wildman–Crippen LogP) is 6.42. The summed E-state index contributed by atoms with van der Waals surface area (Å²) in [6, 6.07) is 18.2. The van der Waals surface area contributed by atoms with Gasteiger partial charge in [-0.25, -0.2) is 13.7 Å². The Bertz CT molecular complexity index is 1260. The number of halogens is 1. The van der Waals surface area contributed by atoms with Crippen molar-refractivity contribution >= 4 is 11.5 Å². The van der Waals surface area contributed by atoms with Gasteiger partial charge in [-0.3, -0.25) is 0 Å². The summed E-state index contributed by atoms with van der Waals surface area (Å²) in [4.78, 5) is 13.1. The van der Waals surface area contributed by atoms with Crippen molar-refractivity contribution in [3.8, 4) is 22.5 Å². The smallest absolute Gasteiger partial charge is 0.340 e. The van der Waals surface area contributed by atoms with Crippen LogP contribution in [0.3, 0.4) is 0 Å². The molecule has 2 aromatic carbocycles. The quantitative estimate of drug-likeness (QED) is 0.353. The standard InChI is InChI=1S/C26H25FN2O2/c1-5-31-26(30)24-23(16(2)3)22-15-14-21(20-9-7-6-8-17(20)4)29(22)28-25(24)18-10-12-19(27)13-11-18/h6-16H,5H2,1-4H3. The van der Waals surface area contributed by atoms with Crippen molar-refractivity contribution in [2.24, 2.45) is 0 Å². The average Bonchev–Trinajstić information content (AvgIpc) is 3.16. The number of nitrogens with zero attached hydrogens (tertiary/aromatic N) is 2. The van der Waals surface area contributed by atoms with Gasteiger partial charge in [0.2, 0.25) is 0 Å². The van der Waals surface area contributed by atoms with Crippen LogP contribution in [0.1, 0.15) is 48.2 Å². The van der Waals surface area contributed by atoms with E-state index in [1.165, 1.54) is 12.1 Å². The zero-order valence-corrected chi connectivity index (χ0v) is 18.1. The fraction of sp³-hybridized carbons (Fsp3) is 0.231. The van der Waals surface area contributed by atoms with E-state index in [2.05, 4.69) is 19.1 Å². The monoisotopic (exact) mass is 416 g/mol. The van der Waals surface area contributed by atoms with E-state index >= 15 is 0 Å². The molecule has 0 spiro atoms. The number of carbonyl (C=O) groups excluding carboxylic acids is 1. The van der Waals surface area contributed by atoms with Crippen molar-refractivity contribution in [2.45, 2.75) is 33.6 Å². The molecule has 0 saturated carbocycles.